The van der Waals surface area contributed by atoms with Crippen molar-refractivity contribution in [3.05, 3.63) is 6.42 Å². The van der Waals surface area contributed by atoms with E-state index in [0.717, 1.165) is 23.7 Å². The molecule has 1 heteroatoms. The Kier molecular flexibility index (Phi) is 3.51. The van der Waals surface area contributed by atoms with Crippen molar-refractivity contribution >= 4 is 5.78 Å². The molecule has 0 aliphatic heterocycles. The summed E-state index contributed by atoms with van der Waals surface area (Å²) >= 11 is 0. The fraction of sp³-hybridized carbons (Fsp3) is 0.905. The Balaban J connectivity index is 1.63. The Hall–Kier alpha value is -0.330. The summed E-state index contributed by atoms with van der Waals surface area (Å²) < 4.78 is 0. The summed E-state index contributed by atoms with van der Waals surface area (Å²) in [6.07, 6.45) is 14.8. The van der Waals surface area contributed by atoms with E-state index >= 15 is 0 Å². The van der Waals surface area contributed by atoms with Gasteiger partial charge in [-0.1, -0.05) is 13.8 Å². The van der Waals surface area contributed by atoms with Gasteiger partial charge in [0.25, 0.3) is 0 Å². The van der Waals surface area contributed by atoms with Crippen LogP contribution in [0.5, 0.6) is 0 Å². The van der Waals surface area contributed by atoms with E-state index in [2.05, 4.69) is 20.3 Å². The van der Waals surface area contributed by atoms with Gasteiger partial charge < -0.3 is 0 Å². The Bertz CT molecular complexity index is 469. The van der Waals surface area contributed by atoms with Gasteiger partial charge in [-0.2, -0.15) is 0 Å². The molecule has 123 valence electrons. The molecule has 0 unspecified atom stereocenters. The molecule has 4 aliphatic carbocycles. The summed E-state index contributed by atoms with van der Waals surface area (Å²) in [5, 5.41) is 0. The number of fused-ring (bicyclic) bond motifs is 5. The van der Waals surface area contributed by atoms with Crippen LogP contribution in [-0.2, 0) is 4.79 Å². The molecule has 0 aromatic rings. The van der Waals surface area contributed by atoms with Crippen LogP contribution >= 0.6 is 0 Å². The normalized spacial score (nSPS) is 54.2. The Morgan fingerprint density at radius 2 is 1.73 bits per heavy atom. The number of rotatable bonds is 1. The highest BCUT2D eigenvalue weighted by Gasteiger charge is 2.60. The van der Waals surface area contributed by atoms with Crippen molar-refractivity contribution in [3.8, 4) is 0 Å². The molecule has 0 N–H and O–H groups in total. The van der Waals surface area contributed by atoms with Gasteiger partial charge in [0.05, 0.1) is 0 Å². The molecular formula is C21H33O. The molecule has 0 spiro atoms. The molecule has 22 heavy (non-hydrogen) atoms. The second-order valence-corrected chi connectivity index (χ2v) is 9.51. The van der Waals surface area contributed by atoms with Crippen LogP contribution in [0.15, 0.2) is 0 Å². The highest BCUT2D eigenvalue weighted by Crippen LogP contribution is 2.67. The first kappa shape index (κ1) is 15.2. The van der Waals surface area contributed by atoms with E-state index in [1.165, 1.54) is 57.8 Å². The van der Waals surface area contributed by atoms with Gasteiger partial charge in [0, 0.05) is 5.92 Å². The van der Waals surface area contributed by atoms with Crippen LogP contribution in [-0.4, -0.2) is 5.78 Å². The zero-order valence-electron chi connectivity index (χ0n) is 14.7. The van der Waals surface area contributed by atoms with Crippen LogP contribution in [0.2, 0.25) is 0 Å². The number of Topliss-reactive ketones (excluding diaryl/α,β-unsaturated/α-hetero) is 1. The summed E-state index contributed by atoms with van der Waals surface area (Å²) in [5.41, 5.74) is 0.935. The van der Waals surface area contributed by atoms with Crippen molar-refractivity contribution in [2.75, 3.05) is 0 Å². The highest BCUT2D eigenvalue weighted by molar-refractivity contribution is 5.79. The first-order valence-electron chi connectivity index (χ1n) is 9.79. The second-order valence-electron chi connectivity index (χ2n) is 9.51. The molecular weight excluding hydrogens is 268 g/mol. The van der Waals surface area contributed by atoms with Gasteiger partial charge >= 0.3 is 0 Å². The van der Waals surface area contributed by atoms with Crippen molar-refractivity contribution in [2.24, 2.45) is 40.4 Å². The minimum atomic E-state index is 0.330. The Morgan fingerprint density at radius 1 is 0.955 bits per heavy atom. The van der Waals surface area contributed by atoms with Crippen LogP contribution in [0, 0.1) is 46.8 Å². The molecule has 0 bridgehead atoms. The van der Waals surface area contributed by atoms with Gasteiger partial charge in [0.2, 0.25) is 0 Å². The molecule has 0 amide bonds. The highest BCUT2D eigenvalue weighted by atomic mass is 16.1. The van der Waals surface area contributed by atoms with Crippen molar-refractivity contribution in [3.63, 3.8) is 0 Å². The van der Waals surface area contributed by atoms with E-state index in [1.54, 1.807) is 0 Å². The lowest BCUT2D eigenvalue weighted by atomic mass is 9.45. The van der Waals surface area contributed by atoms with Crippen LogP contribution < -0.4 is 0 Å². The molecule has 0 aromatic carbocycles. The molecule has 1 nitrogen and oxygen atoms in total. The molecule has 0 heterocycles. The number of hydrogen-bond donors (Lipinski definition) is 0. The van der Waals surface area contributed by atoms with Crippen molar-refractivity contribution in [1.82, 2.24) is 0 Å². The molecule has 4 aliphatic rings. The van der Waals surface area contributed by atoms with E-state index in [-0.39, 0.29) is 0 Å². The Morgan fingerprint density at radius 3 is 2.50 bits per heavy atom. The molecule has 4 rings (SSSR count). The van der Waals surface area contributed by atoms with Gasteiger partial charge in [-0.3, -0.25) is 4.79 Å². The van der Waals surface area contributed by atoms with E-state index in [9.17, 15) is 4.79 Å². The largest absolute Gasteiger partial charge is 0.300 e. The summed E-state index contributed by atoms with van der Waals surface area (Å²) in [5.74, 6) is 4.49. The van der Waals surface area contributed by atoms with Crippen LogP contribution in [0.4, 0.5) is 0 Å². The maximum absolute atomic E-state index is 12.2. The summed E-state index contributed by atoms with van der Waals surface area (Å²) in [6.45, 7) is 6.94. The average molecular weight is 301 g/mol. The van der Waals surface area contributed by atoms with Crippen molar-refractivity contribution in [2.45, 2.75) is 78.6 Å². The topological polar surface area (TPSA) is 17.1 Å². The first-order chi connectivity index (χ1) is 10.5. The summed E-state index contributed by atoms with van der Waals surface area (Å²) in [6, 6.07) is 0. The number of ketones is 1. The standard InChI is InChI=1S/C21H33O/c1-14(22)17-9-10-18-16-8-7-15-6-4-5-12-20(15,2)19(16)11-13-21(17,18)3/h4,15-19H,5-13H2,1-3H3/t15-,16+,17-,18+,19+,20+,21-/m1/s1. The predicted octanol–water partition coefficient (Wildman–Crippen LogP) is 5.44. The fourth-order valence-electron chi connectivity index (χ4n) is 7.71. The molecule has 4 fully saturated rings. The molecule has 7 atom stereocenters. The molecule has 0 aromatic heterocycles. The van der Waals surface area contributed by atoms with E-state index < -0.39 is 0 Å². The lowest BCUT2D eigenvalue weighted by molar-refractivity contribution is -0.132. The van der Waals surface area contributed by atoms with Crippen LogP contribution in [0.1, 0.15) is 78.6 Å². The zero-order valence-corrected chi connectivity index (χ0v) is 14.7. The van der Waals surface area contributed by atoms with Gasteiger partial charge in [-0.15, -0.1) is 0 Å². The zero-order chi connectivity index (χ0) is 15.5. The third kappa shape index (κ3) is 1.93. The number of carbonyl (C=O) groups is 1. The summed E-state index contributed by atoms with van der Waals surface area (Å²) in [7, 11) is 0. The smallest absolute Gasteiger partial charge is 0.133 e. The third-order valence-electron chi connectivity index (χ3n) is 8.89. The maximum atomic E-state index is 12.2. The van der Waals surface area contributed by atoms with E-state index in [4.69, 9.17) is 0 Å². The minimum absolute atomic E-state index is 0.330. The van der Waals surface area contributed by atoms with E-state index in [0.29, 0.717) is 22.5 Å². The molecule has 1 radical (unpaired) electrons. The first-order valence-corrected chi connectivity index (χ1v) is 9.79. The maximum Gasteiger partial charge on any atom is 0.133 e. The third-order valence-corrected chi connectivity index (χ3v) is 8.89. The fourth-order valence-corrected chi connectivity index (χ4v) is 7.71. The van der Waals surface area contributed by atoms with Crippen LogP contribution in [0.25, 0.3) is 0 Å². The minimum Gasteiger partial charge on any atom is -0.300 e. The lowest BCUT2D eigenvalue weighted by Crippen LogP contribution is -2.53. The van der Waals surface area contributed by atoms with E-state index in [1.807, 2.05) is 6.92 Å². The van der Waals surface area contributed by atoms with Crippen molar-refractivity contribution in [1.29, 1.82) is 0 Å². The second kappa shape index (κ2) is 5.08. The molecule has 0 saturated heterocycles. The quantitative estimate of drug-likeness (QED) is 0.630. The van der Waals surface area contributed by atoms with Gasteiger partial charge in [-0.25, -0.2) is 0 Å². The van der Waals surface area contributed by atoms with Crippen molar-refractivity contribution < 1.29 is 4.79 Å². The predicted molar refractivity (Wildman–Crippen MR) is 90.2 cm³/mol. The monoisotopic (exact) mass is 301 g/mol. The SMILES string of the molecule is CC(=O)[C@H]1CC[C@H]2[C@@H]3CC[C@H]4C[CH]CC[C@]4(C)[C@H]3CC[C@]12C. The lowest BCUT2D eigenvalue weighted by Gasteiger charge is -2.60. The molecule has 4 saturated carbocycles. The average Bonchev–Trinajstić information content (AvgIpc) is 2.84. The van der Waals surface area contributed by atoms with Gasteiger partial charge in [-0.05, 0) is 106 Å². The number of hydrogen-bond acceptors (Lipinski definition) is 1. The Labute approximate surface area is 136 Å². The number of carbonyl (C=O) groups excluding carboxylic acids is 1. The van der Waals surface area contributed by atoms with Gasteiger partial charge in [0.15, 0.2) is 0 Å². The summed E-state index contributed by atoms with van der Waals surface area (Å²) in [4.78, 5) is 12.2. The van der Waals surface area contributed by atoms with Crippen LogP contribution in [0.3, 0.4) is 0 Å². The van der Waals surface area contributed by atoms with Gasteiger partial charge in [0.1, 0.15) is 5.78 Å².